The summed E-state index contributed by atoms with van der Waals surface area (Å²) in [5.41, 5.74) is 5.55. The first-order valence-corrected chi connectivity index (χ1v) is 7.53. The molecule has 128 valence electrons. The van der Waals surface area contributed by atoms with Crippen LogP contribution in [0.25, 0.3) is 5.69 Å². The Morgan fingerprint density at radius 3 is 2.36 bits per heavy atom. The first-order valence-electron chi connectivity index (χ1n) is 7.53. The summed E-state index contributed by atoms with van der Waals surface area (Å²) >= 11 is 0. The first kappa shape index (κ1) is 16.4. The minimum Gasteiger partial charge on any atom is -0.502 e. The third-order valence-corrected chi connectivity index (χ3v) is 3.58. The molecule has 3 aromatic rings. The highest BCUT2D eigenvalue weighted by Gasteiger charge is 2.10. The fraction of sp³-hybridized carbons (Fsp3) is 0.111. The molecular weight excluding hydrogens is 320 g/mol. The number of rotatable bonds is 6. The Hall–Kier alpha value is -3.48. The lowest BCUT2D eigenvalue weighted by atomic mass is 10.2. The lowest BCUT2D eigenvalue weighted by Gasteiger charge is -2.09. The predicted octanol–water partition coefficient (Wildman–Crippen LogP) is 3.04. The standard InChI is InChI=1S/C18H18N4O3/c1-24-16-9-13(10-17(25-2)18(16)23)11-20-21-14-3-5-15(6-4-14)22-8-7-19-12-22/h3-12,21,23H,1-2H3. The van der Waals surface area contributed by atoms with Crippen molar-refractivity contribution in [1.29, 1.82) is 0 Å². The van der Waals surface area contributed by atoms with Gasteiger partial charge in [0, 0.05) is 23.6 Å². The van der Waals surface area contributed by atoms with Crippen LogP contribution in [0.4, 0.5) is 5.69 Å². The molecule has 0 aliphatic rings. The van der Waals surface area contributed by atoms with Crippen molar-refractivity contribution in [3.05, 3.63) is 60.7 Å². The van der Waals surface area contributed by atoms with Crippen molar-refractivity contribution in [3.8, 4) is 22.9 Å². The third-order valence-electron chi connectivity index (χ3n) is 3.58. The minimum absolute atomic E-state index is 0.0369. The van der Waals surface area contributed by atoms with E-state index in [1.807, 2.05) is 35.0 Å². The number of hydrogen-bond donors (Lipinski definition) is 2. The molecule has 3 rings (SSSR count). The van der Waals surface area contributed by atoms with E-state index in [9.17, 15) is 5.11 Å². The normalized spacial score (nSPS) is 10.8. The number of methoxy groups -OCH3 is 2. The molecule has 0 unspecified atom stereocenters. The molecule has 0 aliphatic heterocycles. The number of benzene rings is 2. The van der Waals surface area contributed by atoms with Gasteiger partial charge >= 0.3 is 0 Å². The van der Waals surface area contributed by atoms with Crippen molar-refractivity contribution >= 4 is 11.9 Å². The Morgan fingerprint density at radius 2 is 1.80 bits per heavy atom. The lowest BCUT2D eigenvalue weighted by Crippen LogP contribution is -1.95. The van der Waals surface area contributed by atoms with Gasteiger partial charge in [0.05, 0.1) is 32.4 Å². The highest BCUT2D eigenvalue weighted by molar-refractivity contribution is 5.83. The number of aromatic nitrogens is 2. The predicted molar refractivity (Wildman–Crippen MR) is 96.0 cm³/mol. The van der Waals surface area contributed by atoms with E-state index in [2.05, 4.69) is 15.5 Å². The summed E-state index contributed by atoms with van der Waals surface area (Å²) in [7, 11) is 2.96. The molecule has 0 saturated carbocycles. The van der Waals surface area contributed by atoms with E-state index < -0.39 is 0 Å². The molecule has 0 saturated heterocycles. The summed E-state index contributed by atoms with van der Waals surface area (Å²) in [6, 6.07) is 11.1. The van der Waals surface area contributed by atoms with E-state index in [1.165, 1.54) is 14.2 Å². The zero-order chi connectivity index (χ0) is 17.6. The Bertz CT molecular complexity index is 834. The number of ether oxygens (including phenoxy) is 2. The highest BCUT2D eigenvalue weighted by Crippen LogP contribution is 2.36. The van der Waals surface area contributed by atoms with Crippen LogP contribution in [0, 0.1) is 0 Å². The number of imidazole rings is 1. The van der Waals surface area contributed by atoms with E-state index >= 15 is 0 Å². The highest BCUT2D eigenvalue weighted by atomic mass is 16.5. The summed E-state index contributed by atoms with van der Waals surface area (Å²) in [6.07, 6.45) is 6.98. The van der Waals surface area contributed by atoms with Crippen LogP contribution in [-0.2, 0) is 0 Å². The first-order chi connectivity index (χ1) is 12.2. The van der Waals surface area contributed by atoms with Gasteiger partial charge in [-0.3, -0.25) is 5.43 Å². The zero-order valence-corrected chi connectivity index (χ0v) is 13.9. The molecule has 2 N–H and O–H groups in total. The van der Waals surface area contributed by atoms with Gasteiger partial charge in [0.1, 0.15) is 0 Å². The van der Waals surface area contributed by atoms with Gasteiger partial charge in [-0.2, -0.15) is 5.10 Å². The lowest BCUT2D eigenvalue weighted by molar-refractivity contribution is 0.340. The van der Waals surface area contributed by atoms with Crippen LogP contribution in [0.5, 0.6) is 17.2 Å². The maximum absolute atomic E-state index is 9.90. The maximum Gasteiger partial charge on any atom is 0.200 e. The van der Waals surface area contributed by atoms with Crippen LogP contribution in [0.2, 0.25) is 0 Å². The SMILES string of the molecule is COc1cc(C=NNc2ccc(-n3ccnc3)cc2)cc(OC)c1O. The molecular formula is C18H18N4O3. The summed E-state index contributed by atoms with van der Waals surface area (Å²) in [6.45, 7) is 0. The van der Waals surface area contributed by atoms with Gasteiger partial charge in [0.2, 0.25) is 5.75 Å². The molecule has 25 heavy (non-hydrogen) atoms. The number of phenolic OH excluding ortho intramolecular Hbond substituents is 1. The zero-order valence-electron chi connectivity index (χ0n) is 13.9. The molecule has 0 bridgehead atoms. The third kappa shape index (κ3) is 3.72. The number of phenols is 1. The van der Waals surface area contributed by atoms with Gasteiger partial charge in [-0.25, -0.2) is 4.98 Å². The fourth-order valence-corrected chi connectivity index (χ4v) is 2.29. The van der Waals surface area contributed by atoms with Gasteiger partial charge in [-0.15, -0.1) is 0 Å². The monoisotopic (exact) mass is 338 g/mol. The largest absolute Gasteiger partial charge is 0.502 e. The number of hydrazone groups is 1. The molecule has 0 amide bonds. The minimum atomic E-state index is -0.0369. The van der Waals surface area contributed by atoms with E-state index in [0.717, 1.165) is 16.9 Å². The van der Waals surface area contributed by atoms with Gasteiger partial charge in [0.15, 0.2) is 11.5 Å². The van der Waals surface area contributed by atoms with Crippen molar-refractivity contribution in [2.75, 3.05) is 19.6 Å². The summed E-state index contributed by atoms with van der Waals surface area (Å²) in [5.74, 6) is 0.612. The van der Waals surface area contributed by atoms with Crippen LogP contribution in [-0.4, -0.2) is 35.1 Å². The van der Waals surface area contributed by atoms with Crippen molar-refractivity contribution in [1.82, 2.24) is 9.55 Å². The second-order valence-corrected chi connectivity index (χ2v) is 5.16. The molecule has 0 aliphatic carbocycles. The van der Waals surface area contributed by atoms with E-state index in [1.54, 1.807) is 30.9 Å². The van der Waals surface area contributed by atoms with Crippen molar-refractivity contribution in [2.45, 2.75) is 0 Å². The van der Waals surface area contributed by atoms with Gasteiger partial charge in [-0.1, -0.05) is 0 Å². The summed E-state index contributed by atoms with van der Waals surface area (Å²) in [5, 5.41) is 14.1. The molecule has 1 aromatic heterocycles. The van der Waals surface area contributed by atoms with Gasteiger partial charge < -0.3 is 19.1 Å². The van der Waals surface area contributed by atoms with E-state index in [4.69, 9.17) is 9.47 Å². The molecule has 7 nitrogen and oxygen atoms in total. The van der Waals surface area contributed by atoms with Gasteiger partial charge in [0.25, 0.3) is 0 Å². The Balaban J connectivity index is 1.71. The number of aromatic hydroxyl groups is 1. The number of anilines is 1. The molecule has 0 spiro atoms. The number of nitrogens with zero attached hydrogens (tertiary/aromatic N) is 3. The van der Waals surface area contributed by atoms with Crippen LogP contribution in [0.15, 0.2) is 60.2 Å². The second kappa shape index (κ2) is 7.39. The molecule has 0 fully saturated rings. The quantitative estimate of drug-likeness (QED) is 0.533. The molecule has 7 heteroatoms. The average Bonchev–Trinajstić information content (AvgIpc) is 3.18. The number of hydrogen-bond acceptors (Lipinski definition) is 6. The maximum atomic E-state index is 9.90. The Labute approximate surface area is 145 Å². The molecule has 1 heterocycles. The Morgan fingerprint density at radius 1 is 1.12 bits per heavy atom. The van der Waals surface area contributed by atoms with Crippen LogP contribution in [0.3, 0.4) is 0 Å². The van der Waals surface area contributed by atoms with E-state index in [-0.39, 0.29) is 5.75 Å². The molecule has 0 radical (unpaired) electrons. The van der Waals surface area contributed by atoms with Gasteiger partial charge in [-0.05, 0) is 36.4 Å². The van der Waals surface area contributed by atoms with Crippen molar-refractivity contribution in [2.24, 2.45) is 5.10 Å². The Kier molecular flexibility index (Phi) is 4.84. The van der Waals surface area contributed by atoms with Crippen molar-refractivity contribution < 1.29 is 14.6 Å². The van der Waals surface area contributed by atoms with E-state index in [0.29, 0.717) is 11.5 Å². The van der Waals surface area contributed by atoms with Crippen molar-refractivity contribution in [3.63, 3.8) is 0 Å². The summed E-state index contributed by atoms with van der Waals surface area (Å²) < 4.78 is 12.2. The topological polar surface area (TPSA) is 80.9 Å². The van der Waals surface area contributed by atoms with Crippen LogP contribution in [0.1, 0.15) is 5.56 Å². The second-order valence-electron chi connectivity index (χ2n) is 5.16. The summed E-state index contributed by atoms with van der Waals surface area (Å²) in [4.78, 5) is 4.02. The average molecular weight is 338 g/mol. The van der Waals surface area contributed by atoms with Crippen LogP contribution < -0.4 is 14.9 Å². The smallest absolute Gasteiger partial charge is 0.200 e. The van der Waals surface area contributed by atoms with Crippen LogP contribution >= 0.6 is 0 Å². The molecule has 0 atom stereocenters. The molecule has 2 aromatic carbocycles. The number of nitrogens with one attached hydrogen (secondary N) is 1. The fourth-order valence-electron chi connectivity index (χ4n) is 2.29.